The summed E-state index contributed by atoms with van der Waals surface area (Å²) in [6, 6.07) is 3.64. The number of halogens is 5. The van der Waals surface area contributed by atoms with Crippen LogP contribution in [0.2, 0.25) is 0 Å². The van der Waals surface area contributed by atoms with Crippen LogP contribution in [0.15, 0.2) is 18.2 Å². The van der Waals surface area contributed by atoms with Gasteiger partial charge in [0.15, 0.2) is 0 Å². The highest BCUT2D eigenvalue weighted by atomic mass is 19.4. The molecule has 0 bridgehead atoms. The van der Waals surface area contributed by atoms with E-state index in [1.54, 1.807) is 0 Å². The number of nitrogens with zero attached hydrogens (tertiary/aromatic N) is 1. The van der Waals surface area contributed by atoms with E-state index in [2.05, 4.69) is 5.32 Å². The monoisotopic (exact) mass is 280 g/mol. The van der Waals surface area contributed by atoms with Gasteiger partial charge in [-0.15, -0.1) is 0 Å². The fourth-order valence-corrected chi connectivity index (χ4v) is 1.25. The maximum Gasteiger partial charge on any atom is 0.416 e. The van der Waals surface area contributed by atoms with E-state index in [1.807, 2.05) is 0 Å². The van der Waals surface area contributed by atoms with E-state index in [1.165, 1.54) is 6.07 Å². The fourth-order valence-electron chi connectivity index (χ4n) is 1.25. The molecule has 0 aliphatic carbocycles. The molecule has 0 aliphatic heterocycles. The number of rotatable bonds is 4. The average molecular weight is 280 g/mol. The first-order valence-electron chi connectivity index (χ1n) is 5.03. The summed E-state index contributed by atoms with van der Waals surface area (Å²) in [6.07, 6.45) is -4.61. The number of alkyl halides is 5. The summed E-state index contributed by atoms with van der Waals surface area (Å²) in [5.74, 6) is -3.42. The molecule has 0 heterocycles. The summed E-state index contributed by atoms with van der Waals surface area (Å²) in [4.78, 5) is 0. The largest absolute Gasteiger partial charge is 0.416 e. The van der Waals surface area contributed by atoms with Crippen LogP contribution in [0.5, 0.6) is 0 Å². The maximum absolute atomic E-state index is 12.8. The van der Waals surface area contributed by atoms with Crippen LogP contribution in [0, 0.1) is 11.3 Å². The van der Waals surface area contributed by atoms with Gasteiger partial charge in [-0.1, -0.05) is 0 Å². The van der Waals surface area contributed by atoms with Gasteiger partial charge in [-0.05, 0) is 18.2 Å². The Morgan fingerprint density at radius 2 is 1.84 bits per heavy atom. The fraction of sp³-hybridized carbons (Fsp3) is 0.364. The van der Waals surface area contributed by atoms with Crippen molar-refractivity contribution in [2.45, 2.75) is 12.1 Å². The van der Waals surface area contributed by atoms with E-state index < -0.39 is 36.4 Å². The van der Waals surface area contributed by atoms with Gasteiger partial charge < -0.3 is 10.4 Å². The SMILES string of the molecule is N#Cc1cc(C(F)(F)F)ccc1NCC(F)(F)CO. The van der Waals surface area contributed by atoms with Crippen LogP contribution in [0.3, 0.4) is 0 Å². The molecule has 0 aliphatic rings. The van der Waals surface area contributed by atoms with Crippen molar-refractivity contribution >= 4 is 5.69 Å². The average Bonchev–Trinajstić information content (AvgIpc) is 2.35. The highest BCUT2D eigenvalue weighted by molar-refractivity contribution is 5.59. The van der Waals surface area contributed by atoms with Crippen molar-refractivity contribution in [1.29, 1.82) is 5.26 Å². The second kappa shape index (κ2) is 5.40. The van der Waals surface area contributed by atoms with Gasteiger partial charge in [0.05, 0.1) is 23.4 Å². The van der Waals surface area contributed by atoms with Crippen LogP contribution in [-0.4, -0.2) is 24.2 Å². The first-order valence-corrected chi connectivity index (χ1v) is 5.03. The number of hydrogen-bond donors (Lipinski definition) is 2. The second-order valence-electron chi connectivity index (χ2n) is 3.74. The Labute approximate surface area is 105 Å². The number of hydrogen-bond acceptors (Lipinski definition) is 3. The van der Waals surface area contributed by atoms with Crippen LogP contribution < -0.4 is 5.32 Å². The van der Waals surface area contributed by atoms with Gasteiger partial charge in [-0.3, -0.25) is 0 Å². The number of aliphatic hydroxyl groups excluding tert-OH is 1. The number of nitrogens with one attached hydrogen (secondary N) is 1. The van der Waals surface area contributed by atoms with Crippen molar-refractivity contribution in [3.05, 3.63) is 29.3 Å². The molecular formula is C11H9F5N2O. The highest BCUT2D eigenvalue weighted by Gasteiger charge is 2.31. The third-order valence-electron chi connectivity index (χ3n) is 2.24. The summed E-state index contributed by atoms with van der Waals surface area (Å²) in [6.45, 7) is -2.38. The summed E-state index contributed by atoms with van der Waals surface area (Å²) in [7, 11) is 0. The van der Waals surface area contributed by atoms with Gasteiger partial charge in [-0.25, -0.2) is 8.78 Å². The topological polar surface area (TPSA) is 56.0 Å². The van der Waals surface area contributed by atoms with Gasteiger partial charge in [0.2, 0.25) is 0 Å². The zero-order valence-electron chi connectivity index (χ0n) is 9.43. The second-order valence-corrected chi connectivity index (χ2v) is 3.74. The molecule has 1 rings (SSSR count). The Kier molecular flexibility index (Phi) is 4.32. The first-order chi connectivity index (χ1) is 8.69. The molecule has 0 saturated carbocycles. The lowest BCUT2D eigenvalue weighted by Gasteiger charge is -2.16. The van der Waals surface area contributed by atoms with E-state index in [0.29, 0.717) is 12.1 Å². The van der Waals surface area contributed by atoms with E-state index in [0.717, 1.165) is 6.07 Å². The summed E-state index contributed by atoms with van der Waals surface area (Å²) < 4.78 is 62.7. The zero-order chi connectivity index (χ0) is 14.7. The lowest BCUT2D eigenvalue weighted by molar-refractivity contribution is -0.137. The predicted octanol–water partition coefficient (Wildman–Crippen LogP) is 2.62. The van der Waals surface area contributed by atoms with Crippen LogP contribution in [-0.2, 0) is 6.18 Å². The summed E-state index contributed by atoms with van der Waals surface area (Å²) in [5, 5.41) is 19.2. The number of aliphatic hydroxyl groups is 1. The van der Waals surface area contributed by atoms with Crippen molar-refractivity contribution < 1.29 is 27.1 Å². The Hall–Kier alpha value is -1.88. The van der Waals surface area contributed by atoms with Gasteiger partial charge in [-0.2, -0.15) is 18.4 Å². The molecule has 0 radical (unpaired) electrons. The molecule has 2 N–H and O–H groups in total. The molecule has 104 valence electrons. The van der Waals surface area contributed by atoms with Crippen molar-refractivity contribution in [3.63, 3.8) is 0 Å². The molecular weight excluding hydrogens is 271 g/mol. The highest BCUT2D eigenvalue weighted by Crippen LogP contribution is 2.31. The molecule has 0 atom stereocenters. The van der Waals surface area contributed by atoms with E-state index in [-0.39, 0.29) is 5.69 Å². The van der Waals surface area contributed by atoms with Gasteiger partial charge >= 0.3 is 6.18 Å². The Bertz CT molecular complexity index is 493. The molecule has 3 nitrogen and oxygen atoms in total. The molecule has 0 aromatic heterocycles. The molecule has 1 aromatic rings. The van der Waals surface area contributed by atoms with Crippen molar-refractivity contribution in [3.8, 4) is 6.07 Å². The Balaban J connectivity index is 2.96. The number of nitriles is 1. The van der Waals surface area contributed by atoms with Gasteiger partial charge in [0.25, 0.3) is 5.92 Å². The van der Waals surface area contributed by atoms with Crippen molar-refractivity contribution in [1.82, 2.24) is 0 Å². The minimum atomic E-state index is -4.61. The molecule has 0 spiro atoms. The molecule has 19 heavy (non-hydrogen) atoms. The van der Waals surface area contributed by atoms with E-state index in [9.17, 15) is 22.0 Å². The molecule has 8 heteroatoms. The zero-order valence-corrected chi connectivity index (χ0v) is 9.43. The Morgan fingerprint density at radius 3 is 2.32 bits per heavy atom. The van der Waals surface area contributed by atoms with Gasteiger partial charge in [0, 0.05) is 0 Å². The Morgan fingerprint density at radius 1 is 1.21 bits per heavy atom. The molecule has 0 fully saturated rings. The maximum atomic E-state index is 12.8. The number of benzene rings is 1. The molecule has 0 saturated heterocycles. The summed E-state index contributed by atoms with van der Waals surface area (Å²) in [5.41, 5.74) is -1.59. The molecule has 0 amide bonds. The van der Waals surface area contributed by atoms with Gasteiger partial charge in [0.1, 0.15) is 12.7 Å². The van der Waals surface area contributed by atoms with Crippen LogP contribution >= 0.6 is 0 Å². The normalized spacial score (nSPS) is 12.1. The minimum Gasteiger partial charge on any atom is -0.390 e. The standard InChI is InChI=1S/C11H9F5N2O/c12-10(13,6-19)5-18-9-2-1-8(11(14,15)16)3-7(9)4-17/h1-3,18-19H,5-6H2. The quantitative estimate of drug-likeness (QED) is 0.833. The third-order valence-corrected chi connectivity index (χ3v) is 2.24. The number of anilines is 1. The predicted molar refractivity (Wildman–Crippen MR) is 56.7 cm³/mol. The van der Waals surface area contributed by atoms with Crippen LogP contribution in [0.4, 0.5) is 27.6 Å². The van der Waals surface area contributed by atoms with Crippen molar-refractivity contribution in [2.75, 3.05) is 18.5 Å². The lowest BCUT2D eigenvalue weighted by atomic mass is 10.1. The smallest absolute Gasteiger partial charge is 0.390 e. The van der Waals surface area contributed by atoms with Crippen LogP contribution in [0.1, 0.15) is 11.1 Å². The third kappa shape index (κ3) is 4.06. The van der Waals surface area contributed by atoms with Crippen molar-refractivity contribution in [2.24, 2.45) is 0 Å². The molecule has 0 unspecified atom stereocenters. The van der Waals surface area contributed by atoms with Crippen LogP contribution in [0.25, 0.3) is 0 Å². The molecule has 1 aromatic carbocycles. The lowest BCUT2D eigenvalue weighted by Crippen LogP contribution is -2.31. The first kappa shape index (κ1) is 15.2. The summed E-state index contributed by atoms with van der Waals surface area (Å²) >= 11 is 0. The minimum absolute atomic E-state index is 0.149. The van der Waals surface area contributed by atoms with E-state index >= 15 is 0 Å². The van der Waals surface area contributed by atoms with E-state index in [4.69, 9.17) is 10.4 Å².